The van der Waals surface area contributed by atoms with Gasteiger partial charge in [-0.1, -0.05) is 68.5 Å². The Balaban J connectivity index is 1.50. The second kappa shape index (κ2) is 10.1. The van der Waals surface area contributed by atoms with Crippen LogP contribution in [0.5, 0.6) is 0 Å². The number of nitrogens with one attached hydrogen (secondary N) is 1. The van der Waals surface area contributed by atoms with Crippen molar-refractivity contribution in [3.8, 4) is 11.3 Å². The fraction of sp³-hybridized carbons (Fsp3) is 0.414. The third-order valence-electron chi connectivity index (χ3n) is 7.57. The SMILES string of the molecule is CC1(C(=O)NC2CCCCCCC2)Cn2c(ccc2-c2ccccc2)C(=O)N1Cc1cccnc1. The number of nitrogens with zero attached hydrogens (tertiary/aromatic N) is 3. The quantitative estimate of drug-likeness (QED) is 0.558. The average Bonchev–Trinajstić information content (AvgIpc) is 3.28. The normalized spacial score (nSPS) is 21.2. The number of hydrogen-bond donors (Lipinski definition) is 1. The summed E-state index contributed by atoms with van der Waals surface area (Å²) in [6.45, 7) is 2.66. The molecule has 0 spiro atoms. The Kier molecular flexibility index (Phi) is 6.71. The van der Waals surface area contributed by atoms with Crippen LogP contribution in [0.4, 0.5) is 0 Å². The van der Waals surface area contributed by atoms with Gasteiger partial charge in [-0.05, 0) is 49.1 Å². The van der Waals surface area contributed by atoms with Crippen LogP contribution >= 0.6 is 0 Å². The molecule has 0 saturated heterocycles. The standard InChI is InChI=1S/C29H34N4O2/c1-29(28(35)31-24-14-8-3-2-4-9-15-24)21-32-25(23-12-6-5-7-13-23)16-17-26(32)27(34)33(29)20-22-11-10-18-30-19-22/h5-7,10-13,16-19,24H,2-4,8-9,14-15,20-21H2,1H3,(H,31,35). The topological polar surface area (TPSA) is 67.2 Å². The van der Waals surface area contributed by atoms with Crippen LogP contribution < -0.4 is 5.32 Å². The van der Waals surface area contributed by atoms with Gasteiger partial charge in [-0.15, -0.1) is 0 Å². The maximum Gasteiger partial charge on any atom is 0.271 e. The molecule has 1 aliphatic heterocycles. The molecule has 1 aromatic carbocycles. The first-order valence-corrected chi connectivity index (χ1v) is 12.8. The minimum atomic E-state index is -1.02. The highest BCUT2D eigenvalue weighted by molar-refractivity contribution is 6.00. The molecule has 6 heteroatoms. The summed E-state index contributed by atoms with van der Waals surface area (Å²) in [4.78, 5) is 33.8. The molecule has 182 valence electrons. The molecule has 35 heavy (non-hydrogen) atoms. The van der Waals surface area contributed by atoms with Crippen molar-refractivity contribution >= 4 is 11.8 Å². The van der Waals surface area contributed by atoms with Crippen molar-refractivity contribution in [2.45, 2.75) is 76.5 Å². The predicted octanol–water partition coefficient (Wildman–Crippen LogP) is 5.19. The molecule has 1 saturated carbocycles. The van der Waals surface area contributed by atoms with E-state index in [0.29, 0.717) is 18.8 Å². The summed E-state index contributed by atoms with van der Waals surface area (Å²) in [5.41, 5.74) is 2.50. The Labute approximate surface area is 207 Å². The zero-order valence-electron chi connectivity index (χ0n) is 20.5. The summed E-state index contributed by atoms with van der Waals surface area (Å²) in [6.07, 6.45) is 11.5. The third-order valence-corrected chi connectivity index (χ3v) is 7.57. The van der Waals surface area contributed by atoms with E-state index in [9.17, 15) is 9.59 Å². The summed E-state index contributed by atoms with van der Waals surface area (Å²) in [5, 5.41) is 3.35. The largest absolute Gasteiger partial charge is 0.351 e. The smallest absolute Gasteiger partial charge is 0.271 e. The van der Waals surface area contributed by atoms with Crippen molar-refractivity contribution < 1.29 is 9.59 Å². The van der Waals surface area contributed by atoms with Crippen LogP contribution in [-0.4, -0.2) is 37.8 Å². The van der Waals surface area contributed by atoms with E-state index in [4.69, 9.17) is 0 Å². The number of fused-ring (bicyclic) bond motifs is 1. The number of hydrogen-bond acceptors (Lipinski definition) is 3. The highest BCUT2D eigenvalue weighted by Gasteiger charge is 2.48. The molecule has 2 amide bonds. The van der Waals surface area contributed by atoms with Crippen LogP contribution in [0, 0.1) is 0 Å². The van der Waals surface area contributed by atoms with E-state index in [-0.39, 0.29) is 17.9 Å². The molecule has 1 fully saturated rings. The Morgan fingerprint density at radius 1 is 0.971 bits per heavy atom. The van der Waals surface area contributed by atoms with Crippen LogP contribution in [0.25, 0.3) is 11.3 Å². The minimum Gasteiger partial charge on any atom is -0.351 e. The van der Waals surface area contributed by atoms with Crippen molar-refractivity contribution in [2.75, 3.05) is 0 Å². The van der Waals surface area contributed by atoms with E-state index in [1.54, 1.807) is 17.3 Å². The number of carbonyl (C=O) groups excluding carboxylic acids is 2. The maximum atomic E-state index is 14.0. The van der Waals surface area contributed by atoms with Crippen molar-refractivity contribution in [1.82, 2.24) is 19.8 Å². The monoisotopic (exact) mass is 470 g/mol. The first kappa shape index (κ1) is 23.3. The number of benzene rings is 1. The van der Waals surface area contributed by atoms with Crippen LogP contribution in [0.2, 0.25) is 0 Å². The molecule has 1 N–H and O–H groups in total. The van der Waals surface area contributed by atoms with Crippen molar-refractivity contribution in [1.29, 1.82) is 0 Å². The summed E-state index contributed by atoms with van der Waals surface area (Å²) >= 11 is 0. The van der Waals surface area contributed by atoms with Gasteiger partial charge in [0.15, 0.2) is 0 Å². The van der Waals surface area contributed by atoms with Crippen molar-refractivity contribution in [2.24, 2.45) is 0 Å². The molecule has 1 unspecified atom stereocenters. The van der Waals surface area contributed by atoms with Crippen molar-refractivity contribution in [3.63, 3.8) is 0 Å². The summed E-state index contributed by atoms with van der Waals surface area (Å²) in [6, 6.07) is 17.9. The molecule has 2 aliphatic rings. The van der Waals surface area contributed by atoms with Crippen LogP contribution in [0.15, 0.2) is 67.0 Å². The van der Waals surface area contributed by atoms with E-state index in [1.165, 1.54) is 19.3 Å². The van der Waals surface area contributed by atoms with Gasteiger partial charge < -0.3 is 14.8 Å². The average molecular weight is 471 g/mol. The number of rotatable bonds is 5. The third kappa shape index (κ3) is 4.75. The fourth-order valence-electron chi connectivity index (χ4n) is 5.50. The number of aromatic nitrogens is 2. The van der Waals surface area contributed by atoms with E-state index in [2.05, 4.69) is 10.3 Å². The molecule has 2 aromatic heterocycles. The highest BCUT2D eigenvalue weighted by atomic mass is 16.2. The Morgan fingerprint density at radius 3 is 2.40 bits per heavy atom. The molecular weight excluding hydrogens is 436 g/mol. The lowest BCUT2D eigenvalue weighted by Gasteiger charge is -2.45. The number of amides is 2. The number of pyridine rings is 1. The molecule has 0 bridgehead atoms. The zero-order valence-corrected chi connectivity index (χ0v) is 20.5. The molecular formula is C29H34N4O2. The first-order valence-electron chi connectivity index (χ1n) is 12.8. The van der Waals surface area contributed by atoms with Gasteiger partial charge in [0, 0.05) is 30.7 Å². The number of carbonyl (C=O) groups is 2. The molecule has 6 nitrogen and oxygen atoms in total. The van der Waals surface area contributed by atoms with E-state index >= 15 is 0 Å². The van der Waals surface area contributed by atoms with Crippen LogP contribution in [-0.2, 0) is 17.9 Å². The van der Waals surface area contributed by atoms with Gasteiger partial charge in [-0.25, -0.2) is 0 Å². The summed E-state index contributed by atoms with van der Waals surface area (Å²) < 4.78 is 2.02. The molecule has 5 rings (SSSR count). The Bertz CT molecular complexity index is 1170. The van der Waals surface area contributed by atoms with Gasteiger partial charge in [0.2, 0.25) is 5.91 Å². The first-order chi connectivity index (χ1) is 17.1. The second-order valence-corrected chi connectivity index (χ2v) is 10.1. The van der Waals surface area contributed by atoms with E-state index in [0.717, 1.165) is 42.5 Å². The molecule has 3 heterocycles. The van der Waals surface area contributed by atoms with E-state index < -0.39 is 5.54 Å². The van der Waals surface area contributed by atoms with Crippen LogP contribution in [0.3, 0.4) is 0 Å². The zero-order chi connectivity index (χ0) is 24.3. The van der Waals surface area contributed by atoms with Crippen LogP contribution in [0.1, 0.15) is 67.9 Å². The van der Waals surface area contributed by atoms with Gasteiger partial charge >= 0.3 is 0 Å². The molecule has 0 radical (unpaired) electrons. The molecule has 1 atom stereocenters. The van der Waals surface area contributed by atoms with Gasteiger partial charge in [-0.2, -0.15) is 0 Å². The van der Waals surface area contributed by atoms with Gasteiger partial charge in [0.25, 0.3) is 5.91 Å². The lowest BCUT2D eigenvalue weighted by atomic mass is 9.91. The molecule has 3 aromatic rings. The Morgan fingerprint density at radius 2 is 1.69 bits per heavy atom. The minimum absolute atomic E-state index is 0.0707. The maximum absolute atomic E-state index is 14.0. The second-order valence-electron chi connectivity index (χ2n) is 10.1. The van der Waals surface area contributed by atoms with Gasteiger partial charge in [-0.3, -0.25) is 14.6 Å². The molecule has 1 aliphatic carbocycles. The van der Waals surface area contributed by atoms with E-state index in [1.807, 2.05) is 66.1 Å². The Hall–Kier alpha value is -3.41. The van der Waals surface area contributed by atoms with Gasteiger partial charge in [0.1, 0.15) is 11.2 Å². The summed E-state index contributed by atoms with van der Waals surface area (Å²) in [7, 11) is 0. The fourth-order valence-corrected chi connectivity index (χ4v) is 5.50. The highest BCUT2D eigenvalue weighted by Crippen LogP contribution is 2.34. The predicted molar refractivity (Wildman–Crippen MR) is 137 cm³/mol. The summed E-state index contributed by atoms with van der Waals surface area (Å²) in [5.74, 6) is -0.198. The lowest BCUT2D eigenvalue weighted by Crippen LogP contribution is -2.64. The lowest BCUT2D eigenvalue weighted by molar-refractivity contribution is -0.134. The van der Waals surface area contributed by atoms with Gasteiger partial charge in [0.05, 0.1) is 6.54 Å². The van der Waals surface area contributed by atoms with Crippen molar-refractivity contribution in [3.05, 3.63) is 78.2 Å².